The molecule has 1 saturated heterocycles. The highest BCUT2D eigenvalue weighted by atomic mass is 32.2. The molecule has 1 aromatic heterocycles. The normalized spacial score (nSPS) is 27.5. The SMILES string of the molecule is CC1(C)CSCC(O)(c2cc3ccccc3o2)C1. The molecule has 0 radical (unpaired) electrons. The van der Waals surface area contributed by atoms with E-state index in [1.54, 1.807) is 11.8 Å². The van der Waals surface area contributed by atoms with Crippen LogP contribution in [0.2, 0.25) is 0 Å². The van der Waals surface area contributed by atoms with Crippen molar-refractivity contribution in [3.63, 3.8) is 0 Å². The van der Waals surface area contributed by atoms with Crippen LogP contribution < -0.4 is 0 Å². The van der Waals surface area contributed by atoms with Gasteiger partial charge in [-0.1, -0.05) is 32.0 Å². The zero-order valence-corrected chi connectivity index (χ0v) is 11.6. The van der Waals surface area contributed by atoms with Crippen molar-refractivity contribution in [3.8, 4) is 0 Å². The Kier molecular flexibility index (Phi) is 2.72. The van der Waals surface area contributed by atoms with Gasteiger partial charge in [-0.05, 0) is 29.7 Å². The topological polar surface area (TPSA) is 33.4 Å². The number of benzene rings is 1. The summed E-state index contributed by atoms with van der Waals surface area (Å²) < 4.78 is 5.84. The highest BCUT2D eigenvalue weighted by molar-refractivity contribution is 7.99. The van der Waals surface area contributed by atoms with Gasteiger partial charge in [0.1, 0.15) is 16.9 Å². The van der Waals surface area contributed by atoms with E-state index in [2.05, 4.69) is 13.8 Å². The second-order valence-corrected chi connectivity index (χ2v) is 7.00. The van der Waals surface area contributed by atoms with E-state index in [1.165, 1.54) is 0 Å². The minimum Gasteiger partial charge on any atom is -0.458 e. The van der Waals surface area contributed by atoms with Crippen LogP contribution in [0.25, 0.3) is 11.0 Å². The summed E-state index contributed by atoms with van der Waals surface area (Å²) in [5, 5.41) is 11.9. The smallest absolute Gasteiger partial charge is 0.137 e. The average molecular weight is 262 g/mol. The molecule has 1 atom stereocenters. The van der Waals surface area contributed by atoms with Crippen molar-refractivity contribution < 1.29 is 9.52 Å². The third-order valence-electron chi connectivity index (χ3n) is 3.49. The summed E-state index contributed by atoms with van der Waals surface area (Å²) in [4.78, 5) is 0. The van der Waals surface area contributed by atoms with Crippen LogP contribution in [0.15, 0.2) is 34.7 Å². The quantitative estimate of drug-likeness (QED) is 0.849. The van der Waals surface area contributed by atoms with Gasteiger partial charge in [0.15, 0.2) is 0 Å². The van der Waals surface area contributed by atoms with Gasteiger partial charge in [0.2, 0.25) is 0 Å². The zero-order chi connectivity index (χ0) is 12.8. The molecule has 1 aromatic carbocycles. The van der Waals surface area contributed by atoms with Crippen LogP contribution in [-0.2, 0) is 5.60 Å². The van der Waals surface area contributed by atoms with E-state index < -0.39 is 5.60 Å². The van der Waals surface area contributed by atoms with Gasteiger partial charge in [0, 0.05) is 11.1 Å². The molecule has 2 nitrogen and oxygen atoms in total. The van der Waals surface area contributed by atoms with Gasteiger partial charge >= 0.3 is 0 Å². The first-order valence-electron chi connectivity index (χ1n) is 6.28. The molecule has 2 aromatic rings. The van der Waals surface area contributed by atoms with E-state index in [0.717, 1.165) is 28.9 Å². The van der Waals surface area contributed by atoms with Gasteiger partial charge in [-0.2, -0.15) is 11.8 Å². The van der Waals surface area contributed by atoms with Crippen molar-refractivity contribution >= 4 is 22.7 Å². The minimum absolute atomic E-state index is 0.149. The van der Waals surface area contributed by atoms with E-state index in [0.29, 0.717) is 5.76 Å². The molecule has 0 bridgehead atoms. The molecule has 96 valence electrons. The monoisotopic (exact) mass is 262 g/mol. The number of fused-ring (bicyclic) bond motifs is 1. The second kappa shape index (κ2) is 4.04. The van der Waals surface area contributed by atoms with Gasteiger partial charge < -0.3 is 9.52 Å². The predicted octanol–water partition coefficient (Wildman–Crippen LogP) is 3.78. The average Bonchev–Trinajstić information content (AvgIpc) is 2.71. The molecule has 1 aliphatic rings. The lowest BCUT2D eigenvalue weighted by Gasteiger charge is -2.39. The maximum atomic E-state index is 10.9. The Morgan fingerprint density at radius 3 is 2.72 bits per heavy atom. The third-order valence-corrected chi connectivity index (χ3v) is 5.16. The molecule has 18 heavy (non-hydrogen) atoms. The first kappa shape index (κ1) is 12.1. The Morgan fingerprint density at radius 1 is 1.22 bits per heavy atom. The zero-order valence-electron chi connectivity index (χ0n) is 10.8. The first-order chi connectivity index (χ1) is 8.49. The van der Waals surface area contributed by atoms with Crippen molar-refractivity contribution in [3.05, 3.63) is 36.1 Å². The molecular weight excluding hydrogens is 244 g/mol. The molecule has 0 aliphatic carbocycles. The fourth-order valence-electron chi connectivity index (χ4n) is 2.76. The molecule has 1 fully saturated rings. The van der Waals surface area contributed by atoms with Gasteiger partial charge in [-0.3, -0.25) is 0 Å². The summed E-state index contributed by atoms with van der Waals surface area (Å²) >= 11 is 1.80. The summed E-state index contributed by atoms with van der Waals surface area (Å²) in [7, 11) is 0. The van der Waals surface area contributed by atoms with Crippen LogP contribution in [0.4, 0.5) is 0 Å². The molecule has 3 rings (SSSR count). The molecule has 1 N–H and O–H groups in total. The van der Waals surface area contributed by atoms with Crippen molar-refractivity contribution in [1.29, 1.82) is 0 Å². The van der Waals surface area contributed by atoms with Crippen LogP contribution in [0, 0.1) is 5.41 Å². The summed E-state index contributed by atoms with van der Waals surface area (Å²) in [6, 6.07) is 9.90. The number of hydrogen-bond acceptors (Lipinski definition) is 3. The fraction of sp³-hybridized carbons (Fsp3) is 0.467. The van der Waals surface area contributed by atoms with Crippen LogP contribution in [-0.4, -0.2) is 16.6 Å². The Bertz CT molecular complexity index is 540. The summed E-state index contributed by atoms with van der Waals surface area (Å²) in [6.07, 6.45) is 0.757. The number of para-hydroxylation sites is 1. The summed E-state index contributed by atoms with van der Waals surface area (Å²) in [6.45, 7) is 4.40. The molecule has 1 unspecified atom stereocenters. The molecule has 1 aliphatic heterocycles. The third kappa shape index (κ3) is 2.06. The van der Waals surface area contributed by atoms with E-state index >= 15 is 0 Å². The molecule has 0 amide bonds. The Balaban J connectivity index is 2.02. The number of rotatable bonds is 1. The van der Waals surface area contributed by atoms with Crippen LogP contribution in [0.1, 0.15) is 26.0 Å². The van der Waals surface area contributed by atoms with Crippen LogP contribution in [0.5, 0.6) is 0 Å². The highest BCUT2D eigenvalue weighted by Gasteiger charge is 2.42. The maximum Gasteiger partial charge on any atom is 0.137 e. The van der Waals surface area contributed by atoms with Crippen molar-refractivity contribution in [2.75, 3.05) is 11.5 Å². The van der Waals surface area contributed by atoms with E-state index in [1.807, 2.05) is 30.3 Å². The molecule has 3 heteroatoms. The van der Waals surface area contributed by atoms with Gasteiger partial charge in [-0.15, -0.1) is 0 Å². The van der Waals surface area contributed by atoms with Gasteiger partial charge in [0.05, 0.1) is 0 Å². The van der Waals surface area contributed by atoms with Crippen molar-refractivity contribution in [2.45, 2.75) is 25.9 Å². The maximum absolute atomic E-state index is 10.9. The standard InChI is InChI=1S/C15H18O2S/c1-14(2)8-15(16,10-18-9-14)13-7-11-5-3-4-6-12(11)17-13/h3-7,16H,8-10H2,1-2H3. The van der Waals surface area contributed by atoms with Crippen molar-refractivity contribution in [1.82, 2.24) is 0 Å². The van der Waals surface area contributed by atoms with E-state index in [-0.39, 0.29) is 5.41 Å². The largest absolute Gasteiger partial charge is 0.458 e. The minimum atomic E-state index is -0.828. The lowest BCUT2D eigenvalue weighted by atomic mass is 9.81. The lowest BCUT2D eigenvalue weighted by Crippen LogP contribution is -2.39. The molecule has 2 heterocycles. The van der Waals surface area contributed by atoms with Crippen LogP contribution >= 0.6 is 11.8 Å². The highest BCUT2D eigenvalue weighted by Crippen LogP contribution is 2.45. The Hall–Kier alpha value is -0.930. The van der Waals surface area contributed by atoms with E-state index in [4.69, 9.17) is 4.42 Å². The second-order valence-electron chi connectivity index (χ2n) is 6.01. The Morgan fingerprint density at radius 2 is 2.00 bits per heavy atom. The number of thioether (sulfide) groups is 1. The number of hydrogen-bond donors (Lipinski definition) is 1. The molecule has 0 spiro atoms. The number of aliphatic hydroxyl groups is 1. The number of furan rings is 1. The van der Waals surface area contributed by atoms with Gasteiger partial charge in [0.25, 0.3) is 0 Å². The summed E-state index contributed by atoms with van der Waals surface area (Å²) in [5.41, 5.74) is 0.177. The van der Waals surface area contributed by atoms with E-state index in [9.17, 15) is 5.11 Å². The lowest BCUT2D eigenvalue weighted by molar-refractivity contribution is -0.00222. The fourth-order valence-corrected chi connectivity index (χ4v) is 4.10. The van der Waals surface area contributed by atoms with Crippen LogP contribution in [0.3, 0.4) is 0 Å². The van der Waals surface area contributed by atoms with Crippen molar-refractivity contribution in [2.24, 2.45) is 5.41 Å². The predicted molar refractivity (Wildman–Crippen MR) is 75.8 cm³/mol. The Labute approximate surface area is 111 Å². The van der Waals surface area contributed by atoms with Gasteiger partial charge in [-0.25, -0.2) is 0 Å². The first-order valence-corrected chi connectivity index (χ1v) is 7.43. The summed E-state index contributed by atoms with van der Waals surface area (Å²) in [5.74, 6) is 2.52. The molecular formula is C15H18O2S. The molecule has 0 saturated carbocycles.